The Kier molecular flexibility index (Phi) is 19.9. The second-order valence-electron chi connectivity index (χ2n) is 24.0. The lowest BCUT2D eigenvalue weighted by Crippen LogP contribution is -2.65. The van der Waals surface area contributed by atoms with Crippen LogP contribution in [0.15, 0.2) is 29.9 Å². The van der Waals surface area contributed by atoms with Crippen molar-refractivity contribution in [3.05, 3.63) is 52.1 Å². The molecule has 1 nitrogen and oxygen atoms in total. The van der Waals surface area contributed by atoms with Crippen molar-refractivity contribution in [2.45, 2.75) is 302 Å². The summed E-state index contributed by atoms with van der Waals surface area (Å²) in [5, 5.41) is 0. The Balaban J connectivity index is 1.22. The van der Waals surface area contributed by atoms with Gasteiger partial charge in [0, 0.05) is 17.0 Å². The van der Waals surface area contributed by atoms with Crippen molar-refractivity contribution in [1.82, 2.24) is 4.57 Å². The third-order valence-electron chi connectivity index (χ3n) is 17.8. The van der Waals surface area contributed by atoms with Gasteiger partial charge in [-0.25, -0.2) is 0 Å². The molecule has 6 rings (SSSR count). The lowest BCUT2D eigenvalue weighted by molar-refractivity contribution is 0.139. The minimum Gasteiger partial charge on any atom is -0.316 e. The van der Waals surface area contributed by atoms with Crippen LogP contribution in [0.2, 0.25) is 18.6 Å². The summed E-state index contributed by atoms with van der Waals surface area (Å²) < 4.78 is 3.22. The van der Waals surface area contributed by atoms with Crippen LogP contribution >= 0.6 is 0 Å². The molecule has 0 spiro atoms. The van der Waals surface area contributed by atoms with E-state index in [9.17, 15) is 0 Å². The van der Waals surface area contributed by atoms with E-state index in [4.69, 9.17) is 0 Å². The molecule has 0 saturated heterocycles. The first-order chi connectivity index (χ1) is 30.0. The van der Waals surface area contributed by atoms with Crippen LogP contribution in [0.4, 0.5) is 0 Å². The molecule has 4 unspecified atom stereocenters. The Bertz CT molecular complexity index is 1500. The van der Waals surface area contributed by atoms with Gasteiger partial charge in [-0.2, -0.15) is 0 Å². The number of aryl methyl sites for hydroxylation is 2. The van der Waals surface area contributed by atoms with Crippen LogP contribution in [0.25, 0.3) is 5.57 Å². The lowest BCUT2D eigenvalue weighted by Gasteiger charge is -2.56. The van der Waals surface area contributed by atoms with E-state index in [0.29, 0.717) is 11.8 Å². The molecule has 0 aliphatic heterocycles. The average Bonchev–Trinajstić information content (AvgIpc) is 3.91. The smallest absolute Gasteiger partial charge is 0.127 e. The quantitative estimate of drug-likeness (QED) is 0.0573. The topological polar surface area (TPSA) is 3.24 Å². The standard InChI is InChI=1S/C60H103NSi/c1-9-11-13-15-17-19-21-23-25-27-29-34-41-60(42-35-30-28-26-24-22-20-18-16-14-12-10-2)56-46-50-38-36-37-49(50)44-54(56)55-45-51-43-48(3)58(53(51)47-57(55)60)62(7,8)61(59(4,5)6)52-39-32-31-33-40-52/h44-48,51-53,58H,9-43H2,1-8H3. The van der Waals surface area contributed by atoms with Crippen molar-refractivity contribution < 1.29 is 0 Å². The zero-order chi connectivity index (χ0) is 44.0. The van der Waals surface area contributed by atoms with Gasteiger partial charge in [0.05, 0.1) is 0 Å². The predicted octanol–water partition coefficient (Wildman–Crippen LogP) is 19.2. The van der Waals surface area contributed by atoms with Gasteiger partial charge in [-0.15, -0.1) is 0 Å². The highest BCUT2D eigenvalue weighted by molar-refractivity contribution is 6.76. The summed E-state index contributed by atoms with van der Waals surface area (Å²) in [6.45, 7) is 20.8. The van der Waals surface area contributed by atoms with E-state index >= 15 is 0 Å². The van der Waals surface area contributed by atoms with Crippen molar-refractivity contribution in [2.75, 3.05) is 0 Å². The van der Waals surface area contributed by atoms with Crippen molar-refractivity contribution in [2.24, 2.45) is 17.8 Å². The van der Waals surface area contributed by atoms with Crippen LogP contribution in [0.5, 0.6) is 0 Å². The van der Waals surface area contributed by atoms with E-state index in [1.54, 1.807) is 27.8 Å². The molecule has 0 aromatic heterocycles. The molecule has 62 heavy (non-hydrogen) atoms. The van der Waals surface area contributed by atoms with Gasteiger partial charge < -0.3 is 4.57 Å². The monoisotopic (exact) mass is 866 g/mol. The summed E-state index contributed by atoms with van der Waals surface area (Å²) in [6, 6.07) is 6.38. The lowest BCUT2D eigenvalue weighted by atomic mass is 9.68. The largest absolute Gasteiger partial charge is 0.316 e. The molecular weight excluding hydrogens is 763 g/mol. The Morgan fingerprint density at radius 2 is 1.06 bits per heavy atom. The molecule has 1 aromatic rings. The number of fused-ring (bicyclic) bond motifs is 5. The van der Waals surface area contributed by atoms with Crippen LogP contribution in [0.3, 0.4) is 0 Å². The fourth-order valence-electron chi connectivity index (χ4n) is 15.2. The highest BCUT2D eigenvalue weighted by atomic mass is 28.3. The van der Waals surface area contributed by atoms with Crippen LogP contribution in [-0.2, 0) is 18.3 Å². The van der Waals surface area contributed by atoms with Gasteiger partial charge in [0.25, 0.3) is 0 Å². The number of hydrogen-bond acceptors (Lipinski definition) is 1. The van der Waals surface area contributed by atoms with Crippen LogP contribution < -0.4 is 0 Å². The minimum atomic E-state index is -1.84. The van der Waals surface area contributed by atoms with Crippen molar-refractivity contribution in [3.63, 3.8) is 0 Å². The number of hydrogen-bond donors (Lipinski definition) is 0. The van der Waals surface area contributed by atoms with Crippen LogP contribution in [-0.4, -0.2) is 24.4 Å². The maximum Gasteiger partial charge on any atom is 0.127 e. The molecule has 2 saturated carbocycles. The molecule has 2 fully saturated rings. The van der Waals surface area contributed by atoms with Crippen molar-refractivity contribution in [3.8, 4) is 0 Å². The minimum absolute atomic E-state index is 0.218. The normalized spacial score (nSPS) is 23.4. The highest BCUT2D eigenvalue weighted by Crippen LogP contribution is 2.63. The van der Waals surface area contributed by atoms with E-state index in [2.05, 4.69) is 83.5 Å². The molecule has 2 heteroatoms. The molecule has 0 radical (unpaired) electrons. The molecule has 1 aromatic carbocycles. The van der Waals surface area contributed by atoms with Gasteiger partial charge in [-0.1, -0.05) is 232 Å². The summed E-state index contributed by atoms with van der Waals surface area (Å²) in [4.78, 5) is 0. The number of rotatable bonds is 29. The molecule has 5 aliphatic rings. The zero-order valence-corrected chi connectivity index (χ0v) is 43.9. The molecule has 4 atom stereocenters. The molecular formula is C60H103NSi. The van der Waals surface area contributed by atoms with Gasteiger partial charge in [-0.3, -0.25) is 0 Å². The van der Waals surface area contributed by atoms with Crippen LogP contribution in [0.1, 0.15) is 276 Å². The SMILES string of the molecule is CCCCCCCCCCCCCCC1(CCCCCCCCCCCCCC)C2=CC3C(C=C2c2cc4c(cc21)CCC4)CC(C)C3[Si](C)(C)N(C1CCCCC1)C(C)(C)C. The Labute approximate surface area is 388 Å². The first-order valence-corrected chi connectivity index (χ1v) is 31.5. The maximum absolute atomic E-state index is 3.22. The third kappa shape index (κ3) is 12.6. The van der Waals surface area contributed by atoms with Crippen LogP contribution in [0, 0.1) is 17.8 Å². The number of allylic oxidation sites excluding steroid dienone is 4. The fraction of sp³-hybridized carbons (Fsp3) is 0.833. The zero-order valence-electron chi connectivity index (χ0n) is 42.9. The van der Waals surface area contributed by atoms with E-state index in [1.807, 2.05) is 5.57 Å². The number of nitrogens with zero attached hydrogens (tertiary/aromatic N) is 1. The Morgan fingerprint density at radius 3 is 1.55 bits per heavy atom. The number of unbranched alkanes of at least 4 members (excludes halogenated alkanes) is 22. The second-order valence-corrected chi connectivity index (χ2v) is 28.5. The predicted molar refractivity (Wildman–Crippen MR) is 278 cm³/mol. The Morgan fingerprint density at radius 1 is 0.597 bits per heavy atom. The summed E-state index contributed by atoms with van der Waals surface area (Å²) in [7, 11) is -1.84. The summed E-state index contributed by atoms with van der Waals surface area (Å²) in [5.41, 5.74) is 11.7. The highest BCUT2D eigenvalue weighted by Gasteiger charge is 2.57. The van der Waals surface area contributed by atoms with Crippen molar-refractivity contribution >= 4 is 13.8 Å². The van der Waals surface area contributed by atoms with E-state index in [0.717, 1.165) is 17.5 Å². The van der Waals surface area contributed by atoms with E-state index in [1.165, 1.54) is 225 Å². The van der Waals surface area contributed by atoms with E-state index < -0.39 is 8.24 Å². The van der Waals surface area contributed by atoms with Gasteiger partial charge in [0.15, 0.2) is 0 Å². The molecule has 0 amide bonds. The molecule has 0 heterocycles. The maximum atomic E-state index is 3.22. The van der Waals surface area contributed by atoms with E-state index in [-0.39, 0.29) is 11.0 Å². The first-order valence-electron chi connectivity index (χ1n) is 28.4. The summed E-state index contributed by atoms with van der Waals surface area (Å²) in [6.07, 6.45) is 55.9. The number of benzene rings is 1. The molecule has 352 valence electrons. The van der Waals surface area contributed by atoms with Gasteiger partial charge in [0.2, 0.25) is 0 Å². The first kappa shape index (κ1) is 50.3. The van der Waals surface area contributed by atoms with Gasteiger partial charge in [-0.05, 0) is 129 Å². The molecule has 0 N–H and O–H groups in total. The Hall–Kier alpha value is -1.12. The average molecular weight is 867 g/mol. The molecule has 0 bridgehead atoms. The van der Waals surface area contributed by atoms with Crippen molar-refractivity contribution in [1.29, 1.82) is 0 Å². The fourth-order valence-corrected chi connectivity index (χ4v) is 21.2. The summed E-state index contributed by atoms with van der Waals surface area (Å²) >= 11 is 0. The summed E-state index contributed by atoms with van der Waals surface area (Å²) in [5.74, 6) is 2.22. The second kappa shape index (κ2) is 24.6. The van der Waals surface area contributed by atoms with Gasteiger partial charge in [0.1, 0.15) is 8.24 Å². The van der Waals surface area contributed by atoms with Gasteiger partial charge >= 0.3 is 0 Å². The third-order valence-corrected chi connectivity index (χ3v) is 22.6. The molecule has 5 aliphatic carbocycles.